The maximum atomic E-state index is 11.8. The molecule has 1 saturated carbocycles. The quantitative estimate of drug-likeness (QED) is 0.380. The van der Waals surface area contributed by atoms with Crippen LogP contribution in [0.4, 0.5) is 5.82 Å². The van der Waals surface area contributed by atoms with Gasteiger partial charge in [-0.05, 0) is 31.4 Å². The van der Waals surface area contributed by atoms with E-state index in [9.17, 15) is 4.79 Å². The van der Waals surface area contributed by atoms with Crippen LogP contribution in [-0.4, -0.2) is 29.4 Å². The van der Waals surface area contributed by atoms with Gasteiger partial charge in [0.2, 0.25) is 5.91 Å². The van der Waals surface area contributed by atoms with Gasteiger partial charge in [0.15, 0.2) is 5.96 Å². The molecule has 1 fully saturated rings. The number of guanidine groups is 1. The molecule has 6 nitrogen and oxygen atoms in total. The fourth-order valence-electron chi connectivity index (χ4n) is 2.53. The summed E-state index contributed by atoms with van der Waals surface area (Å²) in [6, 6.07) is 4.13. The number of hydrogen-bond acceptors (Lipinski definition) is 3. The third-order valence-corrected chi connectivity index (χ3v) is 3.76. The normalized spacial score (nSPS) is 15.6. The zero-order valence-electron chi connectivity index (χ0n) is 13.5. The van der Waals surface area contributed by atoms with E-state index in [4.69, 9.17) is 5.73 Å². The molecule has 4 N–H and O–H groups in total. The Morgan fingerprint density at radius 3 is 2.74 bits per heavy atom. The summed E-state index contributed by atoms with van der Waals surface area (Å²) in [5.41, 5.74) is 6.91. The number of nitrogens with two attached hydrogens (primary N) is 1. The first kappa shape index (κ1) is 19.7. The van der Waals surface area contributed by atoms with Crippen molar-refractivity contribution in [2.45, 2.75) is 51.5 Å². The SMILES string of the molecule is Cc1ccc(NC(=O)CCN=C(N)NC2CCCCC2)nc1.I. The van der Waals surface area contributed by atoms with E-state index in [1.807, 2.05) is 13.0 Å². The minimum absolute atomic E-state index is 0. The fraction of sp³-hybridized carbons (Fsp3) is 0.562. The van der Waals surface area contributed by atoms with Crippen LogP contribution in [0.25, 0.3) is 0 Å². The minimum atomic E-state index is -0.106. The Balaban J connectivity index is 0.00000264. The molecule has 0 radical (unpaired) electrons. The highest BCUT2D eigenvalue weighted by Gasteiger charge is 2.13. The van der Waals surface area contributed by atoms with Gasteiger partial charge in [-0.2, -0.15) is 0 Å². The molecule has 0 aromatic carbocycles. The highest BCUT2D eigenvalue weighted by atomic mass is 127. The number of hydrogen-bond donors (Lipinski definition) is 3. The maximum absolute atomic E-state index is 11.8. The van der Waals surface area contributed by atoms with E-state index in [-0.39, 0.29) is 29.9 Å². The molecule has 1 amide bonds. The van der Waals surface area contributed by atoms with Crippen LogP contribution in [0.3, 0.4) is 0 Å². The van der Waals surface area contributed by atoms with E-state index in [1.54, 1.807) is 12.3 Å². The summed E-state index contributed by atoms with van der Waals surface area (Å²) in [5, 5.41) is 5.98. The van der Waals surface area contributed by atoms with E-state index < -0.39 is 0 Å². The molecule has 0 unspecified atom stereocenters. The zero-order valence-corrected chi connectivity index (χ0v) is 15.9. The van der Waals surface area contributed by atoms with Crippen molar-refractivity contribution in [3.05, 3.63) is 23.9 Å². The Labute approximate surface area is 154 Å². The summed E-state index contributed by atoms with van der Waals surface area (Å²) in [6.45, 7) is 2.33. The molecule has 1 aromatic heterocycles. The Morgan fingerprint density at radius 2 is 2.09 bits per heavy atom. The Hall–Kier alpha value is -1.38. The van der Waals surface area contributed by atoms with Gasteiger partial charge in [0.25, 0.3) is 0 Å². The molecule has 1 aromatic rings. The molecule has 1 aliphatic carbocycles. The lowest BCUT2D eigenvalue weighted by atomic mass is 9.96. The van der Waals surface area contributed by atoms with Crippen molar-refractivity contribution < 1.29 is 4.79 Å². The standard InChI is InChI=1S/C16H25N5O.HI/c1-12-7-8-14(19-11-12)21-15(22)9-10-18-16(17)20-13-5-3-2-4-6-13;/h7-8,11,13H,2-6,9-10H2,1H3,(H3,17,18,20)(H,19,21,22);1H. The predicted molar refractivity (Wildman–Crippen MR) is 104 cm³/mol. The first-order chi connectivity index (χ1) is 10.6. The number of carbonyl (C=O) groups is 1. The first-order valence-electron chi connectivity index (χ1n) is 7.92. The van der Waals surface area contributed by atoms with Gasteiger partial charge in [-0.25, -0.2) is 4.98 Å². The molecule has 128 valence electrons. The summed E-state index contributed by atoms with van der Waals surface area (Å²) in [7, 11) is 0. The topological polar surface area (TPSA) is 92.4 Å². The smallest absolute Gasteiger partial charge is 0.227 e. The predicted octanol–water partition coefficient (Wildman–Crippen LogP) is 2.57. The van der Waals surface area contributed by atoms with Crippen LogP contribution in [0, 0.1) is 6.92 Å². The van der Waals surface area contributed by atoms with Gasteiger partial charge in [0.1, 0.15) is 5.82 Å². The van der Waals surface area contributed by atoms with E-state index in [0.29, 0.717) is 30.8 Å². The van der Waals surface area contributed by atoms with Crippen LogP contribution in [0.15, 0.2) is 23.3 Å². The number of anilines is 1. The second-order valence-corrected chi connectivity index (χ2v) is 5.77. The van der Waals surface area contributed by atoms with Crippen LogP contribution >= 0.6 is 24.0 Å². The van der Waals surface area contributed by atoms with Gasteiger partial charge in [-0.15, -0.1) is 24.0 Å². The summed E-state index contributed by atoms with van der Waals surface area (Å²) < 4.78 is 0. The molecule has 7 heteroatoms. The second-order valence-electron chi connectivity index (χ2n) is 5.77. The van der Waals surface area contributed by atoms with Crippen molar-refractivity contribution >= 4 is 41.7 Å². The minimum Gasteiger partial charge on any atom is -0.370 e. The van der Waals surface area contributed by atoms with Gasteiger partial charge in [0, 0.05) is 18.7 Å². The average Bonchev–Trinajstić information content (AvgIpc) is 2.50. The Bertz CT molecular complexity index is 512. The molecule has 1 aliphatic rings. The molecule has 0 aliphatic heterocycles. The third kappa shape index (κ3) is 7.62. The lowest BCUT2D eigenvalue weighted by Gasteiger charge is -2.23. The highest BCUT2D eigenvalue weighted by Crippen LogP contribution is 2.16. The first-order valence-corrected chi connectivity index (χ1v) is 7.92. The Morgan fingerprint density at radius 1 is 1.35 bits per heavy atom. The van der Waals surface area contributed by atoms with Crippen molar-refractivity contribution in [3.8, 4) is 0 Å². The van der Waals surface area contributed by atoms with Crippen molar-refractivity contribution in [2.24, 2.45) is 10.7 Å². The van der Waals surface area contributed by atoms with Gasteiger partial charge in [-0.1, -0.05) is 25.3 Å². The number of carbonyl (C=O) groups excluding carboxylic acids is 1. The van der Waals surface area contributed by atoms with Crippen molar-refractivity contribution in [3.63, 3.8) is 0 Å². The zero-order chi connectivity index (χ0) is 15.8. The molecule has 0 bridgehead atoms. The molecule has 23 heavy (non-hydrogen) atoms. The average molecular weight is 431 g/mol. The van der Waals surface area contributed by atoms with Crippen LogP contribution in [-0.2, 0) is 4.79 Å². The van der Waals surface area contributed by atoms with Crippen LogP contribution in [0.2, 0.25) is 0 Å². The molecular formula is C16H26IN5O. The molecule has 1 heterocycles. The van der Waals surface area contributed by atoms with Gasteiger partial charge in [0.05, 0.1) is 6.54 Å². The lowest BCUT2D eigenvalue weighted by Crippen LogP contribution is -2.41. The van der Waals surface area contributed by atoms with E-state index in [0.717, 1.165) is 18.4 Å². The summed E-state index contributed by atoms with van der Waals surface area (Å²) >= 11 is 0. The molecule has 0 spiro atoms. The number of halogens is 1. The van der Waals surface area contributed by atoms with Crippen molar-refractivity contribution in [2.75, 3.05) is 11.9 Å². The molecule has 2 rings (SSSR count). The summed E-state index contributed by atoms with van der Waals surface area (Å²) in [6.07, 6.45) is 8.12. The number of aryl methyl sites for hydroxylation is 1. The van der Waals surface area contributed by atoms with Gasteiger partial charge >= 0.3 is 0 Å². The van der Waals surface area contributed by atoms with E-state index in [1.165, 1.54) is 19.3 Å². The van der Waals surface area contributed by atoms with Crippen molar-refractivity contribution in [1.82, 2.24) is 10.3 Å². The second kappa shape index (κ2) is 10.4. The molecule has 0 saturated heterocycles. The van der Waals surface area contributed by atoms with Crippen LogP contribution in [0.1, 0.15) is 44.1 Å². The van der Waals surface area contributed by atoms with Gasteiger partial charge in [-0.3, -0.25) is 9.79 Å². The van der Waals surface area contributed by atoms with Crippen molar-refractivity contribution in [1.29, 1.82) is 0 Å². The number of nitrogens with zero attached hydrogens (tertiary/aromatic N) is 2. The summed E-state index contributed by atoms with van der Waals surface area (Å²) in [5.74, 6) is 0.895. The van der Waals surface area contributed by atoms with E-state index >= 15 is 0 Å². The molecular weight excluding hydrogens is 405 g/mol. The lowest BCUT2D eigenvalue weighted by molar-refractivity contribution is -0.116. The summed E-state index contributed by atoms with van der Waals surface area (Å²) in [4.78, 5) is 20.1. The van der Waals surface area contributed by atoms with Gasteiger partial charge < -0.3 is 16.4 Å². The maximum Gasteiger partial charge on any atom is 0.227 e. The third-order valence-electron chi connectivity index (χ3n) is 3.76. The number of aliphatic imine (C=N–C) groups is 1. The fourth-order valence-corrected chi connectivity index (χ4v) is 2.53. The monoisotopic (exact) mass is 431 g/mol. The molecule has 0 atom stereocenters. The Kier molecular flexibility index (Phi) is 8.90. The largest absolute Gasteiger partial charge is 0.370 e. The van der Waals surface area contributed by atoms with Crippen LogP contribution < -0.4 is 16.4 Å². The number of pyridine rings is 1. The number of amides is 1. The number of rotatable bonds is 5. The van der Waals surface area contributed by atoms with E-state index in [2.05, 4.69) is 20.6 Å². The number of aromatic nitrogens is 1. The van der Waals surface area contributed by atoms with Crippen LogP contribution in [0.5, 0.6) is 0 Å². The number of nitrogens with one attached hydrogen (secondary N) is 2. The highest BCUT2D eigenvalue weighted by molar-refractivity contribution is 14.0.